The van der Waals surface area contributed by atoms with Crippen LogP contribution in [0.25, 0.3) is 0 Å². The number of rotatable bonds is 8. The molecule has 3 aromatic rings. The predicted molar refractivity (Wildman–Crippen MR) is 166 cm³/mol. The fourth-order valence-corrected chi connectivity index (χ4v) is 4.80. The van der Waals surface area contributed by atoms with E-state index in [0.29, 0.717) is 28.3 Å². The molecule has 1 heterocycles. The molecule has 42 heavy (non-hydrogen) atoms. The molecule has 0 atom stereocenters. The Morgan fingerprint density at radius 2 is 1.57 bits per heavy atom. The Labute approximate surface area is 246 Å². The van der Waals surface area contributed by atoms with Crippen molar-refractivity contribution < 1.29 is 22.7 Å². The molecule has 0 spiro atoms. The lowest BCUT2D eigenvalue weighted by Crippen LogP contribution is -2.38. The Balaban J connectivity index is 1.60. The van der Waals surface area contributed by atoms with Crippen molar-refractivity contribution in [1.82, 2.24) is 11.0 Å². The van der Waals surface area contributed by atoms with Gasteiger partial charge in [-0.3, -0.25) is 24.7 Å². The summed E-state index contributed by atoms with van der Waals surface area (Å²) < 4.78 is 32.1. The molecule has 0 bridgehead atoms. The molecule has 1 aliphatic rings. The molecule has 3 aromatic carbocycles. The number of sulfonamides is 1. The summed E-state index contributed by atoms with van der Waals surface area (Å²) >= 11 is 0. The van der Waals surface area contributed by atoms with Crippen LogP contribution in [0, 0.1) is 13.8 Å². The number of nitrogens with zero attached hydrogens (tertiary/aromatic N) is 1. The van der Waals surface area contributed by atoms with Crippen molar-refractivity contribution >= 4 is 44.6 Å². The smallest absolute Gasteiger partial charge is 0.274 e. The molecule has 0 unspecified atom stereocenters. The Hall–Kier alpha value is -4.55. The fraction of sp³-hybridized carbons (Fsp3) is 0.267. The van der Waals surface area contributed by atoms with Gasteiger partial charge in [-0.2, -0.15) is 0 Å². The number of carbonyl (C=O) groups is 2. The number of hydrazine groups is 2. The van der Waals surface area contributed by atoms with Gasteiger partial charge in [0.1, 0.15) is 5.70 Å². The first-order chi connectivity index (χ1) is 19.6. The monoisotopic (exact) mass is 592 g/mol. The SMILES string of the molecule is COc1c(NC(=O)c2ccc(C)c(N3C=C(C(=O)Nc4ccc(C)cc4)NN3)c2)cc(C(C)(C)C)cc1NS(C)(=O)=O. The number of benzene rings is 3. The number of hydrogen-bond donors (Lipinski definition) is 5. The van der Waals surface area contributed by atoms with Gasteiger partial charge >= 0.3 is 0 Å². The largest absolute Gasteiger partial charge is 0.492 e. The number of nitrogens with one attached hydrogen (secondary N) is 5. The van der Waals surface area contributed by atoms with Gasteiger partial charge in [0.2, 0.25) is 10.0 Å². The molecule has 222 valence electrons. The van der Waals surface area contributed by atoms with E-state index in [-0.39, 0.29) is 22.8 Å². The summed E-state index contributed by atoms with van der Waals surface area (Å²) in [4.78, 5) is 26.3. The summed E-state index contributed by atoms with van der Waals surface area (Å²) in [5, 5.41) is 7.34. The zero-order valence-electron chi connectivity index (χ0n) is 24.7. The minimum Gasteiger partial charge on any atom is -0.492 e. The second-order valence-electron chi connectivity index (χ2n) is 11.2. The number of amides is 2. The summed E-state index contributed by atoms with van der Waals surface area (Å²) in [6.07, 6.45) is 2.65. The van der Waals surface area contributed by atoms with E-state index in [1.54, 1.807) is 41.5 Å². The van der Waals surface area contributed by atoms with Crippen LogP contribution in [0.1, 0.15) is 47.8 Å². The van der Waals surface area contributed by atoms with Gasteiger partial charge < -0.3 is 15.4 Å². The molecule has 1 aliphatic heterocycles. The van der Waals surface area contributed by atoms with E-state index in [1.165, 1.54) is 7.11 Å². The van der Waals surface area contributed by atoms with Crippen LogP contribution in [0.5, 0.6) is 5.75 Å². The van der Waals surface area contributed by atoms with Crippen molar-refractivity contribution in [1.29, 1.82) is 0 Å². The highest BCUT2D eigenvalue weighted by Gasteiger charge is 2.24. The van der Waals surface area contributed by atoms with E-state index in [2.05, 4.69) is 26.3 Å². The Bertz CT molecular complexity index is 1660. The van der Waals surface area contributed by atoms with Crippen molar-refractivity contribution in [2.75, 3.05) is 33.7 Å². The van der Waals surface area contributed by atoms with Crippen LogP contribution in [0.4, 0.5) is 22.7 Å². The number of anilines is 4. The normalized spacial score (nSPS) is 13.2. The van der Waals surface area contributed by atoms with Gasteiger partial charge in [-0.1, -0.05) is 44.5 Å². The highest BCUT2D eigenvalue weighted by Crippen LogP contribution is 2.39. The van der Waals surface area contributed by atoms with Gasteiger partial charge in [-0.15, -0.1) is 5.53 Å². The number of aryl methyl sites for hydroxylation is 2. The Morgan fingerprint density at radius 1 is 0.905 bits per heavy atom. The third-order valence-corrected chi connectivity index (χ3v) is 7.15. The fourth-order valence-electron chi connectivity index (χ4n) is 4.25. The minimum absolute atomic E-state index is 0.187. The number of hydrogen-bond acceptors (Lipinski definition) is 8. The van der Waals surface area contributed by atoms with Crippen molar-refractivity contribution in [3.63, 3.8) is 0 Å². The zero-order valence-corrected chi connectivity index (χ0v) is 25.5. The van der Waals surface area contributed by atoms with Crippen LogP contribution in [0.15, 0.2) is 66.5 Å². The van der Waals surface area contributed by atoms with Crippen molar-refractivity contribution in [3.8, 4) is 5.75 Å². The zero-order chi connectivity index (χ0) is 30.8. The molecule has 4 rings (SSSR count). The average molecular weight is 593 g/mol. The van der Waals surface area contributed by atoms with Crippen LogP contribution in [-0.2, 0) is 20.2 Å². The summed E-state index contributed by atoms with van der Waals surface area (Å²) in [6.45, 7) is 9.80. The van der Waals surface area contributed by atoms with E-state index >= 15 is 0 Å². The number of carbonyl (C=O) groups excluding carboxylic acids is 2. The van der Waals surface area contributed by atoms with E-state index in [9.17, 15) is 18.0 Å². The maximum Gasteiger partial charge on any atom is 0.274 e. The van der Waals surface area contributed by atoms with E-state index in [4.69, 9.17) is 4.74 Å². The first-order valence-electron chi connectivity index (χ1n) is 13.2. The second kappa shape index (κ2) is 11.7. The molecule has 12 heteroatoms. The van der Waals surface area contributed by atoms with Crippen LogP contribution in [0.2, 0.25) is 0 Å². The predicted octanol–water partition coefficient (Wildman–Crippen LogP) is 4.54. The van der Waals surface area contributed by atoms with E-state index < -0.39 is 15.9 Å². The lowest BCUT2D eigenvalue weighted by molar-refractivity contribution is -0.113. The third-order valence-electron chi connectivity index (χ3n) is 6.56. The van der Waals surface area contributed by atoms with Crippen LogP contribution in [-0.4, -0.2) is 33.6 Å². The van der Waals surface area contributed by atoms with Gasteiger partial charge in [0, 0.05) is 11.3 Å². The highest BCUT2D eigenvalue weighted by molar-refractivity contribution is 7.92. The van der Waals surface area contributed by atoms with Crippen molar-refractivity contribution in [2.24, 2.45) is 0 Å². The van der Waals surface area contributed by atoms with Gasteiger partial charge in [0.15, 0.2) is 5.75 Å². The highest BCUT2D eigenvalue weighted by atomic mass is 32.2. The molecule has 0 aliphatic carbocycles. The molecule has 2 amide bonds. The van der Waals surface area contributed by atoms with E-state index in [0.717, 1.165) is 22.9 Å². The summed E-state index contributed by atoms with van der Waals surface area (Å²) in [5.41, 5.74) is 10.7. The van der Waals surface area contributed by atoms with Gasteiger partial charge in [-0.25, -0.2) is 8.42 Å². The lowest BCUT2D eigenvalue weighted by Gasteiger charge is -2.24. The Morgan fingerprint density at radius 3 is 2.19 bits per heavy atom. The minimum atomic E-state index is -3.61. The molecule has 0 aromatic heterocycles. The summed E-state index contributed by atoms with van der Waals surface area (Å²) in [7, 11) is -2.21. The molecule has 11 nitrogen and oxygen atoms in total. The third kappa shape index (κ3) is 7.20. The number of methoxy groups -OCH3 is 1. The molecule has 0 saturated heterocycles. The first-order valence-corrected chi connectivity index (χ1v) is 15.1. The molecule has 0 saturated carbocycles. The summed E-state index contributed by atoms with van der Waals surface area (Å²) in [6, 6.07) is 16.1. The van der Waals surface area contributed by atoms with E-state index in [1.807, 2.05) is 58.9 Å². The van der Waals surface area contributed by atoms with Crippen molar-refractivity contribution in [2.45, 2.75) is 40.0 Å². The van der Waals surface area contributed by atoms with Crippen molar-refractivity contribution in [3.05, 3.63) is 88.7 Å². The number of ether oxygens (including phenoxy) is 1. The average Bonchev–Trinajstić information content (AvgIpc) is 3.39. The quantitative estimate of drug-likeness (QED) is 0.257. The maximum atomic E-state index is 13.5. The van der Waals surface area contributed by atoms with Gasteiger partial charge in [0.05, 0.1) is 36.6 Å². The van der Waals surface area contributed by atoms with Crippen LogP contribution < -0.4 is 36.1 Å². The lowest BCUT2D eigenvalue weighted by atomic mass is 9.86. The molecular formula is C30H36N6O5S. The summed E-state index contributed by atoms with van der Waals surface area (Å²) in [5.74, 6) is -0.573. The molecule has 5 N–H and O–H groups in total. The molecular weight excluding hydrogens is 556 g/mol. The standard InChI is InChI=1S/C30H36N6O5S/c1-18-8-12-22(13-9-18)31-29(38)25-17-36(35-33-25)26-14-20(11-10-19(26)2)28(37)32-23-15-21(30(3,4)5)16-24(27(23)41-6)34-42(7,39)40/h8-17,33-35H,1-7H3,(H,31,38)(H,32,37). The molecule has 0 fully saturated rings. The molecule has 0 radical (unpaired) electrons. The second-order valence-corrected chi connectivity index (χ2v) is 12.9. The van der Waals surface area contributed by atoms with Crippen LogP contribution >= 0.6 is 0 Å². The van der Waals surface area contributed by atoms with Gasteiger partial charge in [0.25, 0.3) is 11.8 Å². The van der Waals surface area contributed by atoms with Gasteiger partial charge in [-0.05, 0) is 66.8 Å². The Kier molecular flexibility index (Phi) is 8.50. The maximum absolute atomic E-state index is 13.5. The van der Waals surface area contributed by atoms with Crippen LogP contribution in [0.3, 0.4) is 0 Å². The topological polar surface area (TPSA) is 141 Å². The first kappa shape index (κ1) is 30.4.